The number of rotatable bonds is 2. The molecule has 24 heavy (non-hydrogen) atoms. The predicted octanol–water partition coefficient (Wildman–Crippen LogP) is 4.41. The van der Waals surface area contributed by atoms with E-state index in [2.05, 4.69) is 20.8 Å². The first-order valence-electron chi connectivity index (χ1n) is 8.00. The van der Waals surface area contributed by atoms with Crippen LogP contribution in [0.3, 0.4) is 0 Å². The Morgan fingerprint density at radius 3 is 2.50 bits per heavy atom. The van der Waals surface area contributed by atoms with Crippen molar-refractivity contribution in [1.82, 2.24) is 14.1 Å². The predicted molar refractivity (Wildman–Crippen MR) is 99.6 cm³/mol. The highest BCUT2D eigenvalue weighted by molar-refractivity contribution is 6.30. The van der Waals surface area contributed by atoms with Crippen molar-refractivity contribution in [2.24, 2.45) is 12.5 Å². The molecule has 0 aliphatic rings. The van der Waals surface area contributed by atoms with Crippen molar-refractivity contribution < 1.29 is 0 Å². The van der Waals surface area contributed by atoms with Crippen LogP contribution in [0, 0.1) is 12.3 Å². The van der Waals surface area contributed by atoms with E-state index in [1.165, 1.54) is 0 Å². The second-order valence-electron chi connectivity index (χ2n) is 7.49. The molecule has 5 heteroatoms. The van der Waals surface area contributed by atoms with E-state index < -0.39 is 0 Å². The van der Waals surface area contributed by atoms with E-state index in [4.69, 9.17) is 16.6 Å². The SMILES string of the molecule is Cc1cc(Cl)ccc1-c1ccc2c(n1)n(C)c(=O)n2CC(C)(C)C. The lowest BCUT2D eigenvalue weighted by Gasteiger charge is -2.18. The maximum absolute atomic E-state index is 12.6. The van der Waals surface area contributed by atoms with Gasteiger partial charge in [0.1, 0.15) is 0 Å². The third-order valence-electron chi connectivity index (χ3n) is 4.08. The highest BCUT2D eigenvalue weighted by Crippen LogP contribution is 2.27. The monoisotopic (exact) mass is 343 g/mol. The zero-order chi connectivity index (χ0) is 17.6. The van der Waals surface area contributed by atoms with Crippen molar-refractivity contribution in [3.63, 3.8) is 0 Å². The quantitative estimate of drug-likeness (QED) is 0.691. The van der Waals surface area contributed by atoms with Gasteiger partial charge < -0.3 is 0 Å². The Kier molecular flexibility index (Phi) is 4.04. The second-order valence-corrected chi connectivity index (χ2v) is 7.92. The van der Waals surface area contributed by atoms with E-state index in [0.29, 0.717) is 17.2 Å². The van der Waals surface area contributed by atoms with Crippen molar-refractivity contribution in [2.75, 3.05) is 0 Å². The van der Waals surface area contributed by atoms with Crippen molar-refractivity contribution in [1.29, 1.82) is 0 Å². The van der Waals surface area contributed by atoms with Crippen LogP contribution in [0.1, 0.15) is 26.3 Å². The zero-order valence-corrected chi connectivity index (χ0v) is 15.5. The Balaban J connectivity index is 2.19. The third kappa shape index (κ3) is 2.98. The zero-order valence-electron chi connectivity index (χ0n) is 14.7. The molecular weight excluding hydrogens is 322 g/mol. The summed E-state index contributed by atoms with van der Waals surface area (Å²) in [6, 6.07) is 9.71. The molecule has 0 saturated heterocycles. The molecule has 126 valence electrons. The van der Waals surface area contributed by atoms with Crippen LogP contribution in [0.2, 0.25) is 5.02 Å². The van der Waals surface area contributed by atoms with Crippen molar-refractivity contribution >= 4 is 22.8 Å². The van der Waals surface area contributed by atoms with Crippen LogP contribution in [-0.2, 0) is 13.6 Å². The largest absolute Gasteiger partial charge is 0.330 e. The summed E-state index contributed by atoms with van der Waals surface area (Å²) in [5.74, 6) is 0. The van der Waals surface area contributed by atoms with Gasteiger partial charge >= 0.3 is 5.69 Å². The molecule has 0 aliphatic heterocycles. The average molecular weight is 344 g/mol. The first-order chi connectivity index (χ1) is 11.2. The fraction of sp³-hybridized carbons (Fsp3) is 0.368. The molecule has 0 saturated carbocycles. The summed E-state index contributed by atoms with van der Waals surface area (Å²) in [4.78, 5) is 17.3. The summed E-state index contributed by atoms with van der Waals surface area (Å²) in [5, 5.41) is 0.709. The van der Waals surface area contributed by atoms with Gasteiger partial charge in [-0.2, -0.15) is 0 Å². The van der Waals surface area contributed by atoms with Crippen LogP contribution in [0.5, 0.6) is 0 Å². The lowest BCUT2D eigenvalue weighted by atomic mass is 9.97. The highest BCUT2D eigenvalue weighted by atomic mass is 35.5. The smallest absolute Gasteiger partial charge is 0.290 e. The summed E-state index contributed by atoms with van der Waals surface area (Å²) in [6.07, 6.45) is 0. The van der Waals surface area contributed by atoms with E-state index in [-0.39, 0.29) is 11.1 Å². The van der Waals surface area contributed by atoms with E-state index in [0.717, 1.165) is 22.3 Å². The van der Waals surface area contributed by atoms with E-state index in [1.54, 1.807) is 16.2 Å². The molecule has 3 rings (SSSR count). The first-order valence-corrected chi connectivity index (χ1v) is 8.38. The lowest BCUT2D eigenvalue weighted by molar-refractivity contribution is 0.342. The van der Waals surface area contributed by atoms with Crippen LogP contribution >= 0.6 is 11.6 Å². The van der Waals surface area contributed by atoms with Gasteiger partial charge in [0.2, 0.25) is 0 Å². The van der Waals surface area contributed by atoms with E-state index >= 15 is 0 Å². The number of hydrogen-bond acceptors (Lipinski definition) is 2. The van der Waals surface area contributed by atoms with Gasteiger partial charge in [0.15, 0.2) is 5.65 Å². The summed E-state index contributed by atoms with van der Waals surface area (Å²) >= 11 is 6.04. The molecule has 0 unspecified atom stereocenters. The van der Waals surface area contributed by atoms with Gasteiger partial charge in [-0.25, -0.2) is 9.78 Å². The van der Waals surface area contributed by atoms with Crippen LogP contribution in [0.25, 0.3) is 22.4 Å². The van der Waals surface area contributed by atoms with Crippen molar-refractivity contribution in [2.45, 2.75) is 34.2 Å². The Labute approximate surface area is 146 Å². The lowest BCUT2D eigenvalue weighted by Crippen LogP contribution is -2.27. The molecule has 0 fully saturated rings. The van der Waals surface area contributed by atoms with E-state index in [1.807, 2.05) is 37.3 Å². The molecule has 3 aromatic rings. The summed E-state index contributed by atoms with van der Waals surface area (Å²) in [6.45, 7) is 9.03. The Morgan fingerprint density at radius 1 is 1.17 bits per heavy atom. The second kappa shape index (κ2) is 5.78. The molecule has 0 aliphatic carbocycles. The Hall–Kier alpha value is -2.07. The summed E-state index contributed by atoms with van der Waals surface area (Å²) in [7, 11) is 1.77. The minimum Gasteiger partial charge on any atom is -0.290 e. The number of aryl methyl sites for hydroxylation is 2. The number of imidazole rings is 1. The number of nitrogens with zero attached hydrogens (tertiary/aromatic N) is 3. The van der Waals surface area contributed by atoms with Crippen LogP contribution in [-0.4, -0.2) is 14.1 Å². The van der Waals surface area contributed by atoms with Gasteiger partial charge in [0.05, 0.1) is 11.2 Å². The molecule has 0 N–H and O–H groups in total. The molecule has 2 heterocycles. The standard InChI is InChI=1S/C19H22ClN3O/c1-12-10-13(20)6-7-14(12)15-8-9-16-17(21-15)22(5)18(24)23(16)11-19(2,3)4/h6-10H,11H2,1-5H3. The normalized spacial score (nSPS) is 12.1. The van der Waals surface area contributed by atoms with Gasteiger partial charge in [0, 0.05) is 24.2 Å². The van der Waals surface area contributed by atoms with E-state index in [9.17, 15) is 4.79 Å². The molecule has 4 nitrogen and oxygen atoms in total. The van der Waals surface area contributed by atoms with Gasteiger partial charge in [-0.05, 0) is 42.2 Å². The van der Waals surface area contributed by atoms with Crippen LogP contribution in [0.15, 0.2) is 35.1 Å². The van der Waals surface area contributed by atoms with Crippen molar-refractivity contribution in [3.8, 4) is 11.3 Å². The molecule has 0 radical (unpaired) electrons. The highest BCUT2D eigenvalue weighted by Gasteiger charge is 2.19. The van der Waals surface area contributed by atoms with Gasteiger partial charge in [-0.1, -0.05) is 38.4 Å². The van der Waals surface area contributed by atoms with Gasteiger partial charge in [0.25, 0.3) is 0 Å². The molecule has 0 bridgehead atoms. The number of fused-ring (bicyclic) bond motifs is 1. The molecule has 0 spiro atoms. The number of aromatic nitrogens is 3. The van der Waals surface area contributed by atoms with Gasteiger partial charge in [-0.15, -0.1) is 0 Å². The molecule has 1 aromatic carbocycles. The number of pyridine rings is 1. The Morgan fingerprint density at radius 2 is 1.88 bits per heavy atom. The summed E-state index contributed by atoms with van der Waals surface area (Å²) < 4.78 is 3.43. The maximum Gasteiger partial charge on any atom is 0.330 e. The van der Waals surface area contributed by atoms with Crippen LogP contribution < -0.4 is 5.69 Å². The fourth-order valence-corrected chi connectivity index (χ4v) is 3.19. The minimum atomic E-state index is -0.0302. The van der Waals surface area contributed by atoms with Gasteiger partial charge in [-0.3, -0.25) is 9.13 Å². The Bertz CT molecular complexity index is 977. The maximum atomic E-state index is 12.6. The first kappa shape index (κ1) is 16.8. The molecule has 0 amide bonds. The third-order valence-corrected chi connectivity index (χ3v) is 4.31. The number of benzene rings is 1. The molecular formula is C19H22ClN3O. The minimum absolute atomic E-state index is 0.0174. The summed E-state index contributed by atoms with van der Waals surface area (Å²) in [5.41, 5.74) is 4.50. The fourth-order valence-electron chi connectivity index (χ4n) is 2.96. The number of hydrogen-bond donors (Lipinski definition) is 0. The average Bonchev–Trinajstić information content (AvgIpc) is 2.71. The number of halogens is 1. The molecule has 2 aromatic heterocycles. The van der Waals surface area contributed by atoms with Crippen molar-refractivity contribution in [3.05, 3.63) is 51.4 Å². The topological polar surface area (TPSA) is 39.8 Å². The molecule has 0 atom stereocenters. The van der Waals surface area contributed by atoms with Crippen LogP contribution in [0.4, 0.5) is 0 Å².